The average Bonchev–Trinajstić information content (AvgIpc) is 3.36. The Bertz CT molecular complexity index is 1690. The van der Waals surface area contributed by atoms with Gasteiger partial charge < -0.3 is 19.6 Å². The molecule has 0 saturated heterocycles. The molecule has 0 radical (unpaired) electrons. The van der Waals surface area contributed by atoms with Crippen LogP contribution in [-0.2, 0) is 0 Å². The van der Waals surface area contributed by atoms with Crippen LogP contribution in [0, 0.1) is 20.8 Å². The van der Waals surface area contributed by atoms with Gasteiger partial charge in [0.1, 0.15) is 28.8 Å². The van der Waals surface area contributed by atoms with Crippen LogP contribution in [0.2, 0.25) is 0 Å². The molecule has 8 heteroatoms. The van der Waals surface area contributed by atoms with Gasteiger partial charge >= 0.3 is 0 Å². The normalized spacial score (nSPS) is 11.5. The van der Waals surface area contributed by atoms with Crippen molar-refractivity contribution in [3.8, 4) is 16.9 Å². The highest BCUT2D eigenvalue weighted by Gasteiger charge is 2.20. The molecule has 0 aliphatic heterocycles. The maximum absolute atomic E-state index is 5.79. The zero-order valence-corrected chi connectivity index (χ0v) is 19.2. The lowest BCUT2D eigenvalue weighted by Crippen LogP contribution is -1.99. The van der Waals surface area contributed by atoms with E-state index in [1.807, 2.05) is 57.3 Å². The van der Waals surface area contributed by atoms with Gasteiger partial charge in [-0.05, 0) is 45.0 Å². The van der Waals surface area contributed by atoms with Gasteiger partial charge in [-0.25, -0.2) is 9.97 Å². The third kappa shape index (κ3) is 3.07. The second kappa shape index (κ2) is 7.55. The number of fused-ring (bicyclic) bond motifs is 4. The molecule has 6 rings (SSSR count). The minimum absolute atomic E-state index is 0.668. The van der Waals surface area contributed by atoms with Gasteiger partial charge in [-0.2, -0.15) is 0 Å². The van der Waals surface area contributed by atoms with E-state index in [0.717, 1.165) is 72.5 Å². The summed E-state index contributed by atoms with van der Waals surface area (Å²) in [6.07, 6.45) is 3.65. The summed E-state index contributed by atoms with van der Waals surface area (Å²) in [6.45, 7) is 5.72. The first-order valence-corrected chi connectivity index (χ1v) is 10.9. The lowest BCUT2D eigenvalue weighted by atomic mass is 10.0. The van der Waals surface area contributed by atoms with Crippen molar-refractivity contribution in [2.45, 2.75) is 20.8 Å². The zero-order chi connectivity index (χ0) is 23.4. The van der Waals surface area contributed by atoms with E-state index in [0.29, 0.717) is 5.82 Å². The van der Waals surface area contributed by atoms with Gasteiger partial charge in [0.25, 0.3) is 0 Å². The summed E-state index contributed by atoms with van der Waals surface area (Å²) >= 11 is 0. The van der Waals surface area contributed by atoms with Crippen LogP contribution in [0.1, 0.15) is 17.3 Å². The van der Waals surface area contributed by atoms with Gasteiger partial charge in [-0.1, -0.05) is 17.3 Å². The Morgan fingerprint density at radius 1 is 1.03 bits per heavy atom. The van der Waals surface area contributed by atoms with Crippen molar-refractivity contribution in [2.24, 2.45) is 0 Å². The zero-order valence-electron chi connectivity index (χ0n) is 19.2. The molecule has 0 spiro atoms. The predicted molar refractivity (Wildman–Crippen MR) is 133 cm³/mol. The van der Waals surface area contributed by atoms with Crippen LogP contribution in [0.5, 0.6) is 5.75 Å². The SMILES string of the molecule is COc1cc2c(cc1-c1c(C)noc1C)[nH]c1nc(C)nc(Nc3cccc4cnccc34)c12. The Labute approximate surface area is 195 Å². The van der Waals surface area contributed by atoms with Gasteiger partial charge in [0, 0.05) is 45.3 Å². The summed E-state index contributed by atoms with van der Waals surface area (Å²) in [5.41, 5.74) is 5.30. The van der Waals surface area contributed by atoms with Crippen molar-refractivity contribution in [3.63, 3.8) is 0 Å². The molecule has 0 saturated carbocycles. The minimum Gasteiger partial charge on any atom is -0.496 e. The number of H-pyrrole nitrogens is 1. The second-order valence-electron chi connectivity index (χ2n) is 8.29. The van der Waals surface area contributed by atoms with Crippen LogP contribution < -0.4 is 10.1 Å². The lowest BCUT2D eigenvalue weighted by Gasteiger charge is -2.11. The molecule has 0 aliphatic carbocycles. The number of anilines is 2. The largest absolute Gasteiger partial charge is 0.496 e. The Hall–Kier alpha value is -4.46. The topological polar surface area (TPSA) is 102 Å². The molecule has 6 aromatic rings. The fraction of sp³-hybridized carbons (Fsp3) is 0.154. The smallest absolute Gasteiger partial charge is 0.144 e. The van der Waals surface area contributed by atoms with Crippen LogP contribution in [0.25, 0.3) is 43.8 Å². The molecule has 0 fully saturated rings. The number of nitrogens with one attached hydrogen (secondary N) is 2. The molecule has 0 atom stereocenters. The molecule has 0 aliphatic rings. The molecule has 0 bridgehead atoms. The summed E-state index contributed by atoms with van der Waals surface area (Å²) < 4.78 is 11.2. The first-order valence-electron chi connectivity index (χ1n) is 10.9. The van der Waals surface area contributed by atoms with Crippen molar-refractivity contribution in [3.05, 3.63) is 66.1 Å². The first-order chi connectivity index (χ1) is 16.5. The van der Waals surface area contributed by atoms with Crippen LogP contribution in [0.15, 0.2) is 53.3 Å². The molecule has 168 valence electrons. The van der Waals surface area contributed by atoms with Crippen molar-refractivity contribution in [2.75, 3.05) is 12.4 Å². The Kier molecular flexibility index (Phi) is 4.48. The summed E-state index contributed by atoms with van der Waals surface area (Å²) in [5, 5.41) is 11.6. The van der Waals surface area contributed by atoms with E-state index in [1.165, 1.54) is 0 Å². The average molecular weight is 451 g/mol. The van der Waals surface area contributed by atoms with Gasteiger partial charge in [-0.15, -0.1) is 0 Å². The molecule has 8 nitrogen and oxygen atoms in total. The standard InChI is InChI=1S/C26H22N6O2/c1-13-23(14(2)34-32-13)19-10-21-18(11-22(19)33-4)24-25(28-15(3)29-26(24)31-21)30-20-7-5-6-16-12-27-9-8-17(16)20/h5-12H,1-4H3,(H2,28,29,30,31). The lowest BCUT2D eigenvalue weighted by molar-refractivity contribution is 0.393. The number of aryl methyl sites for hydroxylation is 3. The van der Waals surface area contributed by atoms with Gasteiger partial charge in [0.15, 0.2) is 0 Å². The third-order valence-corrected chi connectivity index (χ3v) is 6.12. The Morgan fingerprint density at radius 2 is 1.91 bits per heavy atom. The van der Waals surface area contributed by atoms with Gasteiger partial charge in [0.05, 0.1) is 23.8 Å². The number of aromatic nitrogens is 5. The van der Waals surface area contributed by atoms with Crippen LogP contribution in [-0.4, -0.2) is 32.2 Å². The fourth-order valence-electron chi connectivity index (χ4n) is 4.62. The number of hydrogen-bond donors (Lipinski definition) is 2. The minimum atomic E-state index is 0.668. The molecule has 4 aromatic heterocycles. The van der Waals surface area contributed by atoms with Gasteiger partial charge in [0.2, 0.25) is 0 Å². The number of aromatic amines is 1. The quantitative estimate of drug-likeness (QED) is 0.340. The number of pyridine rings is 1. The first kappa shape index (κ1) is 20.2. The number of rotatable bonds is 4. The predicted octanol–water partition coefficient (Wildman–Crippen LogP) is 5.99. The molecule has 34 heavy (non-hydrogen) atoms. The Balaban J connectivity index is 1.59. The maximum atomic E-state index is 5.79. The van der Waals surface area contributed by atoms with E-state index in [-0.39, 0.29) is 0 Å². The summed E-state index contributed by atoms with van der Waals surface area (Å²) in [6, 6.07) is 12.2. The van der Waals surface area contributed by atoms with E-state index < -0.39 is 0 Å². The Morgan fingerprint density at radius 3 is 2.71 bits per heavy atom. The highest BCUT2D eigenvalue weighted by Crippen LogP contribution is 2.41. The van der Waals surface area contributed by atoms with Crippen LogP contribution in [0.3, 0.4) is 0 Å². The monoisotopic (exact) mass is 450 g/mol. The van der Waals surface area contributed by atoms with E-state index in [2.05, 4.69) is 31.5 Å². The van der Waals surface area contributed by atoms with Crippen LogP contribution >= 0.6 is 0 Å². The maximum Gasteiger partial charge on any atom is 0.144 e. The van der Waals surface area contributed by atoms with E-state index in [1.54, 1.807) is 13.3 Å². The summed E-state index contributed by atoms with van der Waals surface area (Å²) in [7, 11) is 1.67. The molecule has 2 N–H and O–H groups in total. The highest BCUT2D eigenvalue weighted by atomic mass is 16.5. The van der Waals surface area contributed by atoms with Crippen molar-refractivity contribution < 1.29 is 9.26 Å². The van der Waals surface area contributed by atoms with E-state index >= 15 is 0 Å². The summed E-state index contributed by atoms with van der Waals surface area (Å²) in [4.78, 5) is 17.1. The van der Waals surface area contributed by atoms with Crippen LogP contribution in [0.4, 0.5) is 11.5 Å². The number of ether oxygens (including phenoxy) is 1. The second-order valence-corrected chi connectivity index (χ2v) is 8.29. The fourth-order valence-corrected chi connectivity index (χ4v) is 4.62. The molecule has 2 aromatic carbocycles. The van der Waals surface area contributed by atoms with E-state index in [4.69, 9.17) is 14.2 Å². The van der Waals surface area contributed by atoms with Crippen molar-refractivity contribution in [1.29, 1.82) is 0 Å². The molecular formula is C26H22N6O2. The number of nitrogens with zero attached hydrogens (tertiary/aromatic N) is 4. The van der Waals surface area contributed by atoms with Crippen molar-refractivity contribution >= 4 is 44.2 Å². The van der Waals surface area contributed by atoms with Crippen molar-refractivity contribution in [1.82, 2.24) is 25.1 Å². The number of methoxy groups -OCH3 is 1. The summed E-state index contributed by atoms with van der Waals surface area (Å²) in [5.74, 6) is 2.87. The molecule has 0 amide bonds. The number of benzene rings is 2. The number of hydrogen-bond acceptors (Lipinski definition) is 7. The highest BCUT2D eigenvalue weighted by molar-refractivity contribution is 6.14. The molecular weight excluding hydrogens is 428 g/mol. The molecule has 4 heterocycles. The van der Waals surface area contributed by atoms with Gasteiger partial charge in [-0.3, -0.25) is 4.98 Å². The third-order valence-electron chi connectivity index (χ3n) is 6.12. The molecule has 0 unspecified atom stereocenters. The van der Waals surface area contributed by atoms with E-state index in [9.17, 15) is 0 Å².